The fraction of sp³-hybridized carbons (Fsp3) is 0.229. The number of hydrogen-bond donors (Lipinski definition) is 1. The van der Waals surface area contributed by atoms with Gasteiger partial charge in [0.05, 0.1) is 46.4 Å². The highest BCUT2D eigenvalue weighted by molar-refractivity contribution is 7.90. The van der Waals surface area contributed by atoms with Crippen LogP contribution >= 0.6 is 23.2 Å². The Hall–Kier alpha value is -4.58. The van der Waals surface area contributed by atoms with Gasteiger partial charge in [-0.15, -0.1) is 11.6 Å². The number of aromatic nitrogens is 1. The van der Waals surface area contributed by atoms with Crippen molar-refractivity contribution in [2.45, 2.75) is 35.7 Å². The van der Waals surface area contributed by atoms with Gasteiger partial charge >= 0.3 is 6.03 Å². The molecule has 1 aromatic heterocycles. The largest absolute Gasteiger partial charge is 0.497 e. The number of rotatable bonds is 5. The topological polar surface area (TPSA) is 113 Å². The van der Waals surface area contributed by atoms with E-state index in [2.05, 4.69) is 5.32 Å². The Kier molecular flexibility index (Phi) is 6.70. The molecule has 4 heterocycles. The summed E-state index contributed by atoms with van der Waals surface area (Å²) in [5.74, 6) is 0.448. The van der Waals surface area contributed by atoms with Gasteiger partial charge in [0.25, 0.3) is 10.0 Å². The number of aliphatic imine (C=N–C) groups is 1. The number of nitrogens with one attached hydrogen (secondary N) is 1. The minimum Gasteiger partial charge on any atom is -0.497 e. The quantitative estimate of drug-likeness (QED) is 0.201. The Morgan fingerprint density at radius 3 is 2.48 bits per heavy atom. The smallest absolute Gasteiger partial charge is 0.330 e. The van der Waals surface area contributed by atoms with Crippen LogP contribution in [0, 0.1) is 5.41 Å². The molecule has 4 aliphatic rings. The van der Waals surface area contributed by atoms with Gasteiger partial charge < -0.3 is 10.1 Å². The zero-order valence-electron chi connectivity index (χ0n) is 26.0. The third kappa shape index (κ3) is 4.30. The molecule has 0 spiro atoms. The highest BCUT2D eigenvalue weighted by Crippen LogP contribution is 2.56. The summed E-state index contributed by atoms with van der Waals surface area (Å²) in [5.41, 5.74) is 1.85. The van der Waals surface area contributed by atoms with Crippen molar-refractivity contribution in [3.05, 3.63) is 119 Å². The molecule has 244 valence electrons. The normalized spacial score (nSPS) is 26.4. The summed E-state index contributed by atoms with van der Waals surface area (Å²) < 4.78 is 34.7. The minimum atomic E-state index is -4.09. The molecule has 4 unspecified atom stereocenters. The van der Waals surface area contributed by atoms with Gasteiger partial charge in [0.1, 0.15) is 23.0 Å². The summed E-state index contributed by atoms with van der Waals surface area (Å²) in [7, 11) is -2.58. The summed E-state index contributed by atoms with van der Waals surface area (Å²) in [4.78, 5) is 35.1. The van der Waals surface area contributed by atoms with E-state index >= 15 is 0 Å². The number of ether oxygens (including phenoxy) is 1. The second kappa shape index (κ2) is 10.5. The monoisotopic (exact) mass is 701 g/mol. The number of hydrogen-bond acceptors (Lipinski definition) is 6. The number of carbonyl (C=O) groups excluding carboxylic acids is 2. The number of allylic oxidation sites excluding steroid dienone is 1. The van der Waals surface area contributed by atoms with Crippen molar-refractivity contribution in [1.29, 1.82) is 0 Å². The van der Waals surface area contributed by atoms with Crippen LogP contribution in [0.25, 0.3) is 10.9 Å². The van der Waals surface area contributed by atoms with Crippen molar-refractivity contribution in [1.82, 2.24) is 19.1 Å². The lowest BCUT2D eigenvalue weighted by Gasteiger charge is -2.55. The van der Waals surface area contributed by atoms with Crippen LogP contribution in [0.1, 0.15) is 31.0 Å². The number of nitrogens with zero attached hydrogens (tertiary/aromatic N) is 4. The molecule has 13 heteroatoms. The molecule has 1 N–H and O–H groups in total. The first-order valence-corrected chi connectivity index (χ1v) is 17.4. The van der Waals surface area contributed by atoms with E-state index in [-0.39, 0.29) is 23.2 Å². The van der Waals surface area contributed by atoms with Gasteiger partial charge in [0.2, 0.25) is 5.91 Å². The fourth-order valence-electron chi connectivity index (χ4n) is 7.41. The molecular weight excluding hydrogens is 673 g/mol. The maximum Gasteiger partial charge on any atom is 0.330 e. The van der Waals surface area contributed by atoms with Gasteiger partial charge in [-0.2, -0.15) is 0 Å². The molecule has 3 aromatic carbocycles. The second-order valence-corrected chi connectivity index (χ2v) is 15.7. The van der Waals surface area contributed by atoms with Crippen molar-refractivity contribution in [3.8, 4) is 5.75 Å². The van der Waals surface area contributed by atoms with E-state index in [0.29, 0.717) is 38.6 Å². The lowest BCUT2D eigenvalue weighted by atomic mass is 9.67. The van der Waals surface area contributed by atoms with Gasteiger partial charge in [-0.05, 0) is 61.9 Å². The van der Waals surface area contributed by atoms with E-state index in [1.54, 1.807) is 42.2 Å². The van der Waals surface area contributed by atoms with Crippen molar-refractivity contribution in [2.24, 2.45) is 10.4 Å². The number of alkyl halides is 1. The van der Waals surface area contributed by atoms with Crippen LogP contribution in [0.2, 0.25) is 5.02 Å². The van der Waals surface area contributed by atoms with Gasteiger partial charge in [0, 0.05) is 22.2 Å². The number of para-hydroxylation sites is 1. The maximum atomic E-state index is 14.7. The van der Waals surface area contributed by atoms with Crippen LogP contribution < -0.4 is 10.1 Å². The number of amidine groups is 1. The summed E-state index contributed by atoms with van der Waals surface area (Å²) in [6.07, 6.45) is 5.34. The number of halogens is 2. The van der Waals surface area contributed by atoms with Gasteiger partial charge in [0.15, 0.2) is 0 Å². The van der Waals surface area contributed by atoms with Crippen molar-refractivity contribution in [2.75, 3.05) is 13.7 Å². The molecule has 0 radical (unpaired) electrons. The van der Waals surface area contributed by atoms with Gasteiger partial charge in [-0.3, -0.25) is 19.6 Å². The van der Waals surface area contributed by atoms with Crippen LogP contribution in [0.3, 0.4) is 0 Å². The lowest BCUT2D eigenvalue weighted by Crippen LogP contribution is -2.67. The van der Waals surface area contributed by atoms with Crippen molar-refractivity contribution >= 4 is 61.9 Å². The zero-order valence-corrected chi connectivity index (χ0v) is 28.3. The lowest BCUT2D eigenvalue weighted by molar-refractivity contribution is -0.122. The van der Waals surface area contributed by atoms with E-state index in [1.807, 2.05) is 49.4 Å². The Morgan fingerprint density at radius 2 is 1.75 bits per heavy atom. The SMILES string of the molecule is COc1ccc(S(=O)(=O)n2cc(C3=NC(c4cccc(Cl)c4)C4N3C(=O)N3CC(=O)NC5=C3C4(C)C=CC5(C)Cl)c3ccccc32)cc1. The van der Waals surface area contributed by atoms with Gasteiger partial charge in [-0.25, -0.2) is 17.2 Å². The summed E-state index contributed by atoms with van der Waals surface area (Å²) in [6, 6.07) is 18.9. The number of methoxy groups -OCH3 is 1. The third-order valence-corrected chi connectivity index (χ3v) is 11.9. The van der Waals surface area contributed by atoms with Crippen LogP contribution in [0.4, 0.5) is 4.79 Å². The third-order valence-electron chi connectivity index (χ3n) is 9.66. The molecular formula is C35H29Cl2N5O5S. The van der Waals surface area contributed by atoms with Crippen molar-refractivity contribution in [3.63, 3.8) is 0 Å². The molecule has 0 bridgehead atoms. The molecule has 1 fully saturated rings. The molecule has 0 saturated carbocycles. The molecule has 4 atom stereocenters. The summed E-state index contributed by atoms with van der Waals surface area (Å²) in [5, 5.41) is 4.04. The first-order chi connectivity index (χ1) is 22.8. The fourth-order valence-corrected chi connectivity index (χ4v) is 9.18. The predicted octanol–water partition coefficient (Wildman–Crippen LogP) is 6.06. The van der Waals surface area contributed by atoms with E-state index in [0.717, 1.165) is 5.56 Å². The first kappa shape index (κ1) is 30.7. The maximum absolute atomic E-state index is 14.7. The number of carbonyl (C=O) groups is 2. The number of urea groups is 1. The minimum absolute atomic E-state index is 0.0679. The Balaban J connectivity index is 1.36. The van der Waals surface area contributed by atoms with Crippen LogP contribution in [0.5, 0.6) is 5.75 Å². The summed E-state index contributed by atoms with van der Waals surface area (Å²) in [6.45, 7) is 3.57. The predicted molar refractivity (Wildman–Crippen MR) is 183 cm³/mol. The first-order valence-electron chi connectivity index (χ1n) is 15.2. The van der Waals surface area contributed by atoms with E-state index in [4.69, 9.17) is 32.9 Å². The van der Waals surface area contributed by atoms with E-state index in [1.165, 1.54) is 34.3 Å². The number of benzene rings is 3. The molecule has 1 aliphatic carbocycles. The van der Waals surface area contributed by atoms with E-state index in [9.17, 15) is 18.0 Å². The second-order valence-electron chi connectivity index (χ2n) is 12.6. The van der Waals surface area contributed by atoms with Crippen LogP contribution in [0.15, 0.2) is 112 Å². The molecule has 10 nitrogen and oxygen atoms in total. The summed E-state index contributed by atoms with van der Waals surface area (Å²) >= 11 is 13.4. The molecule has 4 aromatic rings. The Morgan fingerprint density at radius 1 is 1.00 bits per heavy atom. The molecule has 48 heavy (non-hydrogen) atoms. The average molecular weight is 703 g/mol. The van der Waals surface area contributed by atoms with E-state index < -0.39 is 38.4 Å². The van der Waals surface area contributed by atoms with Crippen LogP contribution in [-0.2, 0) is 14.8 Å². The highest BCUT2D eigenvalue weighted by Gasteiger charge is 2.62. The Bertz CT molecular complexity index is 2280. The van der Waals surface area contributed by atoms with Crippen LogP contribution in [-0.4, -0.2) is 64.5 Å². The van der Waals surface area contributed by atoms with Gasteiger partial charge in [-0.1, -0.05) is 54.1 Å². The average Bonchev–Trinajstić information content (AvgIpc) is 3.66. The molecule has 3 amide bonds. The standard InChI is InChI=1S/C35H29Cl2N5O5S/c1-34-15-16-35(2,37)29-31(34)40(19-27(43)38-29)33(44)42-30(34)28(20-7-6-8-21(36)17-20)39-32(42)25-18-41(26-10-5-4-9-24(25)26)48(45,46)23-13-11-22(47-3)12-14-23/h4-18,28,30H,19H2,1-3H3,(H,38,43). The molecule has 8 rings (SSSR count). The number of fused-ring (bicyclic) bond motifs is 3. The molecule has 3 aliphatic heterocycles. The Labute approximate surface area is 286 Å². The highest BCUT2D eigenvalue weighted by atomic mass is 35.5. The molecule has 1 saturated heterocycles. The number of amides is 3. The van der Waals surface area contributed by atoms with Crippen molar-refractivity contribution < 1.29 is 22.7 Å². The zero-order chi connectivity index (χ0) is 33.7.